The van der Waals surface area contributed by atoms with Crippen molar-refractivity contribution in [1.29, 1.82) is 0 Å². The van der Waals surface area contributed by atoms with Crippen molar-refractivity contribution in [3.05, 3.63) is 48.2 Å². The molecule has 3 N–H and O–H groups in total. The van der Waals surface area contributed by atoms with Gasteiger partial charge in [0.05, 0.1) is 6.20 Å². The molecule has 0 fully saturated rings. The summed E-state index contributed by atoms with van der Waals surface area (Å²) in [6, 6.07) is 9.83. The summed E-state index contributed by atoms with van der Waals surface area (Å²) in [5, 5.41) is 11.7. The van der Waals surface area contributed by atoms with Gasteiger partial charge in [0.25, 0.3) is 5.91 Å². The monoisotopic (exact) mass is 302 g/mol. The molecular formula is C15H18N4O3. The van der Waals surface area contributed by atoms with E-state index < -0.39 is 6.04 Å². The molecule has 2 amide bonds. The Morgan fingerprint density at radius 2 is 2.05 bits per heavy atom. The van der Waals surface area contributed by atoms with Crippen LogP contribution in [0.1, 0.15) is 18.5 Å². The van der Waals surface area contributed by atoms with Gasteiger partial charge in [0.2, 0.25) is 5.91 Å². The maximum absolute atomic E-state index is 12.4. The number of amides is 2. The third kappa shape index (κ3) is 4.42. The van der Waals surface area contributed by atoms with Gasteiger partial charge in [-0.3, -0.25) is 14.7 Å². The molecule has 1 atom stereocenters. The Balaban J connectivity index is 2.10. The standard InChI is InChI=1S/C15H18N4O3/c1-2-22-10-13(20)18-14(11-6-4-3-5-7-11)15(21)17-12-8-9-16-19-12/h3-9,14H,2,10H2,1H3,(H,18,20)(H2,16,17,19,21). The lowest BCUT2D eigenvalue weighted by Gasteiger charge is -2.18. The smallest absolute Gasteiger partial charge is 0.252 e. The maximum Gasteiger partial charge on any atom is 0.252 e. The van der Waals surface area contributed by atoms with Crippen molar-refractivity contribution in [3.63, 3.8) is 0 Å². The Morgan fingerprint density at radius 1 is 1.27 bits per heavy atom. The van der Waals surface area contributed by atoms with Gasteiger partial charge in [0.15, 0.2) is 0 Å². The number of hydrogen-bond acceptors (Lipinski definition) is 4. The number of carbonyl (C=O) groups excluding carboxylic acids is 2. The van der Waals surface area contributed by atoms with Crippen molar-refractivity contribution >= 4 is 17.6 Å². The second-order valence-corrected chi connectivity index (χ2v) is 4.51. The first-order chi connectivity index (χ1) is 10.7. The van der Waals surface area contributed by atoms with Crippen molar-refractivity contribution < 1.29 is 14.3 Å². The van der Waals surface area contributed by atoms with Crippen LogP contribution in [0.25, 0.3) is 0 Å². The van der Waals surface area contributed by atoms with Crippen LogP contribution in [-0.4, -0.2) is 35.2 Å². The minimum absolute atomic E-state index is 0.0861. The topological polar surface area (TPSA) is 96.1 Å². The second-order valence-electron chi connectivity index (χ2n) is 4.51. The third-order valence-electron chi connectivity index (χ3n) is 2.90. The zero-order chi connectivity index (χ0) is 15.8. The Labute approximate surface area is 128 Å². The molecule has 7 nitrogen and oxygen atoms in total. The molecule has 2 aromatic rings. The van der Waals surface area contributed by atoms with Gasteiger partial charge in [-0.15, -0.1) is 0 Å². The Morgan fingerprint density at radius 3 is 2.68 bits per heavy atom. The fourth-order valence-electron chi connectivity index (χ4n) is 1.87. The summed E-state index contributed by atoms with van der Waals surface area (Å²) in [5.41, 5.74) is 0.685. The summed E-state index contributed by atoms with van der Waals surface area (Å²) >= 11 is 0. The fourth-order valence-corrected chi connectivity index (χ4v) is 1.87. The summed E-state index contributed by atoms with van der Waals surface area (Å²) in [6.07, 6.45) is 1.53. The Hall–Kier alpha value is -2.67. The molecule has 0 spiro atoms. The first-order valence-corrected chi connectivity index (χ1v) is 6.93. The average Bonchev–Trinajstić information content (AvgIpc) is 3.04. The van der Waals surface area contributed by atoms with E-state index in [0.29, 0.717) is 18.0 Å². The van der Waals surface area contributed by atoms with Crippen LogP contribution in [0, 0.1) is 0 Å². The highest BCUT2D eigenvalue weighted by Gasteiger charge is 2.23. The van der Waals surface area contributed by atoms with Gasteiger partial charge >= 0.3 is 0 Å². The van der Waals surface area contributed by atoms with Crippen LogP contribution in [0.15, 0.2) is 42.6 Å². The summed E-state index contributed by atoms with van der Waals surface area (Å²) in [7, 11) is 0. The Kier molecular flexibility index (Phi) is 5.67. The number of anilines is 1. The predicted octanol–water partition coefficient (Wildman–Crippen LogP) is 1.24. The SMILES string of the molecule is CCOCC(=O)NC(C(=O)Nc1ccn[nH]1)c1ccccc1. The highest BCUT2D eigenvalue weighted by Crippen LogP contribution is 2.15. The van der Waals surface area contributed by atoms with Crippen molar-refractivity contribution in [2.24, 2.45) is 0 Å². The minimum atomic E-state index is -0.808. The van der Waals surface area contributed by atoms with Gasteiger partial charge in [0.1, 0.15) is 18.5 Å². The van der Waals surface area contributed by atoms with Gasteiger partial charge in [-0.05, 0) is 12.5 Å². The van der Waals surface area contributed by atoms with Crippen LogP contribution in [0.5, 0.6) is 0 Å². The van der Waals surface area contributed by atoms with Crippen LogP contribution >= 0.6 is 0 Å². The minimum Gasteiger partial charge on any atom is -0.372 e. The molecule has 1 aromatic heterocycles. The number of rotatable bonds is 7. The molecule has 22 heavy (non-hydrogen) atoms. The van der Waals surface area contributed by atoms with Crippen molar-refractivity contribution in [3.8, 4) is 0 Å². The molecule has 0 aliphatic carbocycles. The van der Waals surface area contributed by atoms with E-state index in [2.05, 4.69) is 20.8 Å². The summed E-state index contributed by atoms with van der Waals surface area (Å²) in [5.74, 6) is -0.249. The lowest BCUT2D eigenvalue weighted by molar-refractivity contribution is -0.129. The average molecular weight is 302 g/mol. The van der Waals surface area contributed by atoms with E-state index in [1.54, 1.807) is 37.3 Å². The molecule has 0 saturated heterocycles. The first-order valence-electron chi connectivity index (χ1n) is 6.93. The van der Waals surface area contributed by atoms with E-state index in [9.17, 15) is 9.59 Å². The van der Waals surface area contributed by atoms with E-state index in [1.807, 2.05) is 6.07 Å². The van der Waals surface area contributed by atoms with Crippen LogP contribution in [0.4, 0.5) is 5.82 Å². The number of nitrogens with one attached hydrogen (secondary N) is 3. The second kappa shape index (κ2) is 7.94. The molecule has 1 heterocycles. The van der Waals surface area contributed by atoms with Gasteiger partial charge in [-0.2, -0.15) is 5.10 Å². The number of hydrogen-bond donors (Lipinski definition) is 3. The zero-order valence-electron chi connectivity index (χ0n) is 12.2. The van der Waals surface area contributed by atoms with E-state index in [0.717, 1.165) is 0 Å². The van der Waals surface area contributed by atoms with Crippen LogP contribution in [0.3, 0.4) is 0 Å². The number of aromatic nitrogens is 2. The molecule has 0 radical (unpaired) electrons. The van der Waals surface area contributed by atoms with Crippen molar-refractivity contribution in [1.82, 2.24) is 15.5 Å². The molecule has 0 bridgehead atoms. The molecule has 0 saturated carbocycles. The fraction of sp³-hybridized carbons (Fsp3) is 0.267. The molecule has 0 aliphatic rings. The van der Waals surface area contributed by atoms with E-state index >= 15 is 0 Å². The van der Waals surface area contributed by atoms with Gasteiger partial charge in [-0.1, -0.05) is 30.3 Å². The predicted molar refractivity (Wildman–Crippen MR) is 81.0 cm³/mol. The van der Waals surface area contributed by atoms with E-state index in [1.165, 1.54) is 6.20 Å². The Bertz CT molecular complexity index is 599. The molecule has 2 rings (SSSR count). The van der Waals surface area contributed by atoms with Gasteiger partial charge in [0, 0.05) is 12.7 Å². The first kappa shape index (κ1) is 15.7. The molecule has 0 aliphatic heterocycles. The molecule has 7 heteroatoms. The highest BCUT2D eigenvalue weighted by atomic mass is 16.5. The third-order valence-corrected chi connectivity index (χ3v) is 2.90. The molecule has 1 aromatic carbocycles. The van der Waals surface area contributed by atoms with Crippen molar-refractivity contribution in [2.45, 2.75) is 13.0 Å². The number of aromatic amines is 1. The van der Waals surface area contributed by atoms with Gasteiger partial charge < -0.3 is 15.4 Å². The van der Waals surface area contributed by atoms with Crippen LogP contribution in [-0.2, 0) is 14.3 Å². The summed E-state index contributed by atoms with van der Waals surface area (Å²) < 4.78 is 5.06. The van der Waals surface area contributed by atoms with E-state index in [-0.39, 0.29) is 18.4 Å². The number of ether oxygens (including phenoxy) is 1. The number of benzene rings is 1. The maximum atomic E-state index is 12.4. The number of carbonyl (C=O) groups is 2. The summed E-state index contributed by atoms with van der Waals surface area (Å²) in [6.45, 7) is 2.15. The number of nitrogens with zero attached hydrogens (tertiary/aromatic N) is 1. The number of H-pyrrole nitrogens is 1. The van der Waals surface area contributed by atoms with E-state index in [4.69, 9.17) is 4.74 Å². The normalized spacial score (nSPS) is 11.7. The lowest BCUT2D eigenvalue weighted by Crippen LogP contribution is -2.38. The molecule has 1 unspecified atom stereocenters. The molecule has 116 valence electrons. The largest absolute Gasteiger partial charge is 0.372 e. The zero-order valence-corrected chi connectivity index (χ0v) is 12.2. The van der Waals surface area contributed by atoms with Gasteiger partial charge in [-0.25, -0.2) is 0 Å². The summed E-state index contributed by atoms with van der Waals surface area (Å²) in [4.78, 5) is 24.3. The lowest BCUT2D eigenvalue weighted by atomic mass is 10.1. The van der Waals surface area contributed by atoms with Crippen LogP contribution in [0.2, 0.25) is 0 Å². The quantitative estimate of drug-likeness (QED) is 0.717. The van der Waals surface area contributed by atoms with Crippen molar-refractivity contribution in [2.75, 3.05) is 18.5 Å². The highest BCUT2D eigenvalue weighted by molar-refractivity contribution is 5.97. The molecular weight excluding hydrogens is 284 g/mol. The van der Waals surface area contributed by atoms with Crippen LogP contribution < -0.4 is 10.6 Å².